The molecule has 0 amide bonds. The molecule has 1 saturated carbocycles. The van der Waals surface area contributed by atoms with Crippen LogP contribution in [0.5, 0.6) is 0 Å². The molecule has 0 aliphatic heterocycles. The van der Waals surface area contributed by atoms with Crippen molar-refractivity contribution in [2.24, 2.45) is 5.92 Å². The average molecular weight is 685 g/mol. The summed E-state index contributed by atoms with van der Waals surface area (Å²) in [6.07, 6.45) is -2.37. The van der Waals surface area contributed by atoms with Crippen molar-refractivity contribution >= 4 is 21.5 Å². The topological polar surface area (TPSA) is 12.9 Å². The number of fused-ring (bicyclic) bond motifs is 3. The van der Waals surface area contributed by atoms with E-state index in [1.165, 1.54) is 17.0 Å². The van der Waals surface area contributed by atoms with E-state index in [0.717, 1.165) is 39.4 Å². The number of nitrogens with zero attached hydrogens (tertiary/aromatic N) is 1. The van der Waals surface area contributed by atoms with Crippen LogP contribution in [0.1, 0.15) is 48.4 Å². The molecule has 5 heteroatoms. The van der Waals surface area contributed by atoms with Crippen LogP contribution in [0.2, 0.25) is 0 Å². The largest absolute Gasteiger partial charge is 0.393 e. The van der Waals surface area contributed by atoms with E-state index >= 15 is 0 Å². The summed E-state index contributed by atoms with van der Waals surface area (Å²) < 4.78 is 40.0. The standard InChI is InChI=1S/C29H27F3N.U/c1-5-21-18(4)26(21)25-17(3)12-16(2)13-24(25)28-27-19(10-11-33-28)14-20(15-29(30,31)32)22-8-6-7-9-23(22)27;/h6-14,21,26H,5,15H2,1-4H3;/q-1;. The van der Waals surface area contributed by atoms with Crippen molar-refractivity contribution in [2.75, 3.05) is 0 Å². The van der Waals surface area contributed by atoms with E-state index < -0.39 is 12.6 Å². The Hall–Kier alpha value is -1.83. The maximum atomic E-state index is 13.3. The van der Waals surface area contributed by atoms with Gasteiger partial charge < -0.3 is 5.92 Å². The number of rotatable bonds is 4. The first-order valence-electron chi connectivity index (χ1n) is 11.5. The molecule has 1 aliphatic carbocycles. The van der Waals surface area contributed by atoms with Gasteiger partial charge >= 0.3 is 6.18 Å². The summed E-state index contributed by atoms with van der Waals surface area (Å²) in [7, 11) is 0. The Labute approximate surface area is 222 Å². The van der Waals surface area contributed by atoms with Gasteiger partial charge in [-0.1, -0.05) is 60.9 Å². The Kier molecular flexibility index (Phi) is 6.93. The van der Waals surface area contributed by atoms with Crippen molar-refractivity contribution in [3.05, 3.63) is 82.9 Å². The Bertz CT molecular complexity index is 1380. The van der Waals surface area contributed by atoms with Crippen molar-refractivity contribution in [2.45, 2.75) is 52.6 Å². The zero-order chi connectivity index (χ0) is 23.5. The van der Waals surface area contributed by atoms with Gasteiger partial charge in [0.25, 0.3) is 0 Å². The van der Waals surface area contributed by atoms with Crippen LogP contribution in [0, 0.1) is 56.8 Å². The maximum Gasteiger partial charge on any atom is 0.393 e. The van der Waals surface area contributed by atoms with Crippen LogP contribution < -0.4 is 0 Å². The van der Waals surface area contributed by atoms with E-state index in [4.69, 9.17) is 4.98 Å². The maximum absolute atomic E-state index is 13.3. The average Bonchev–Trinajstić information content (AvgIpc) is 3.40. The molecular formula is C29H27F3NU-. The van der Waals surface area contributed by atoms with Gasteiger partial charge in [-0.2, -0.15) is 31.9 Å². The quantitative estimate of drug-likeness (QED) is 0.155. The van der Waals surface area contributed by atoms with Crippen LogP contribution in [0.4, 0.5) is 13.2 Å². The number of aryl methyl sites for hydroxylation is 2. The monoisotopic (exact) mass is 684 g/mol. The van der Waals surface area contributed by atoms with Gasteiger partial charge in [-0.15, -0.1) is 0 Å². The second kappa shape index (κ2) is 9.32. The molecule has 5 rings (SSSR count). The molecule has 0 spiro atoms. The van der Waals surface area contributed by atoms with Gasteiger partial charge in [0.2, 0.25) is 0 Å². The molecule has 0 N–H and O–H groups in total. The van der Waals surface area contributed by atoms with Crippen molar-refractivity contribution in [1.29, 1.82) is 0 Å². The first kappa shape index (κ1) is 25.3. The van der Waals surface area contributed by atoms with Gasteiger partial charge in [0, 0.05) is 48.3 Å². The first-order chi connectivity index (χ1) is 15.7. The molecule has 2 unspecified atom stereocenters. The van der Waals surface area contributed by atoms with Crippen LogP contribution in [-0.4, -0.2) is 11.2 Å². The van der Waals surface area contributed by atoms with E-state index in [0.29, 0.717) is 22.8 Å². The van der Waals surface area contributed by atoms with E-state index in [1.807, 2.05) is 18.2 Å². The minimum absolute atomic E-state index is 0. The molecule has 34 heavy (non-hydrogen) atoms. The van der Waals surface area contributed by atoms with Crippen LogP contribution in [0.25, 0.3) is 32.8 Å². The molecule has 0 radical (unpaired) electrons. The molecule has 1 aliphatic rings. The van der Waals surface area contributed by atoms with Crippen LogP contribution in [-0.2, 0) is 6.42 Å². The molecule has 1 fully saturated rings. The third-order valence-electron chi connectivity index (χ3n) is 7.15. The smallest absolute Gasteiger partial charge is 0.310 e. The van der Waals surface area contributed by atoms with E-state index in [2.05, 4.69) is 39.8 Å². The summed E-state index contributed by atoms with van der Waals surface area (Å²) in [6.45, 7) is 8.71. The normalized spacial score (nSPS) is 18.3. The SMILES string of the molecule is CCC1[C-](C)C1c1c(C)cc(C)cc1-c1nccc2cc(CC(F)(F)F)c3ccccc3c12.[U]. The first-order valence-corrected chi connectivity index (χ1v) is 11.5. The van der Waals surface area contributed by atoms with Crippen molar-refractivity contribution in [3.8, 4) is 11.3 Å². The third-order valence-corrected chi connectivity index (χ3v) is 7.15. The number of hydrogen-bond acceptors (Lipinski definition) is 1. The predicted octanol–water partition coefficient (Wildman–Crippen LogP) is 8.49. The molecule has 1 heterocycles. The van der Waals surface area contributed by atoms with Crippen molar-refractivity contribution < 1.29 is 44.3 Å². The summed E-state index contributed by atoms with van der Waals surface area (Å²) in [4.78, 5) is 4.83. The van der Waals surface area contributed by atoms with Gasteiger partial charge in [-0.3, -0.25) is 4.98 Å². The molecule has 0 saturated heterocycles. The van der Waals surface area contributed by atoms with E-state index in [9.17, 15) is 13.2 Å². The number of hydrogen-bond donors (Lipinski definition) is 0. The number of halogens is 3. The zero-order valence-electron chi connectivity index (χ0n) is 19.8. The molecule has 174 valence electrons. The van der Waals surface area contributed by atoms with Gasteiger partial charge in [0.05, 0.1) is 12.1 Å². The van der Waals surface area contributed by atoms with Crippen LogP contribution >= 0.6 is 0 Å². The van der Waals surface area contributed by atoms with Gasteiger partial charge in [0.1, 0.15) is 0 Å². The van der Waals surface area contributed by atoms with Gasteiger partial charge in [0.15, 0.2) is 0 Å². The van der Waals surface area contributed by atoms with E-state index in [1.54, 1.807) is 24.4 Å². The Morgan fingerprint density at radius 2 is 1.71 bits per heavy atom. The van der Waals surface area contributed by atoms with Crippen molar-refractivity contribution in [1.82, 2.24) is 4.98 Å². The minimum Gasteiger partial charge on any atom is -0.310 e. The third kappa shape index (κ3) is 4.43. The number of benzene rings is 3. The van der Waals surface area contributed by atoms with Crippen molar-refractivity contribution in [3.63, 3.8) is 0 Å². The molecule has 1 aromatic heterocycles. The summed E-state index contributed by atoms with van der Waals surface area (Å²) >= 11 is 0. The Morgan fingerprint density at radius 3 is 2.35 bits per heavy atom. The Morgan fingerprint density at radius 1 is 1.00 bits per heavy atom. The van der Waals surface area contributed by atoms with Gasteiger partial charge in [-0.05, 0) is 53.3 Å². The molecule has 0 bridgehead atoms. The number of pyridine rings is 1. The number of alkyl halides is 3. The number of aromatic nitrogens is 1. The fourth-order valence-electron chi connectivity index (χ4n) is 5.73. The molecular weight excluding hydrogens is 657 g/mol. The predicted molar refractivity (Wildman–Crippen MR) is 129 cm³/mol. The Balaban J connectivity index is 0.00000274. The minimum atomic E-state index is -4.26. The van der Waals surface area contributed by atoms with Crippen LogP contribution in [0.15, 0.2) is 54.7 Å². The summed E-state index contributed by atoms with van der Waals surface area (Å²) in [5.41, 5.74) is 6.00. The molecule has 1 nitrogen and oxygen atoms in total. The fourth-order valence-corrected chi connectivity index (χ4v) is 5.73. The zero-order valence-corrected chi connectivity index (χ0v) is 24.0. The fraction of sp³-hybridized carbons (Fsp3) is 0.310. The molecule has 3 aromatic carbocycles. The molecule has 4 aromatic rings. The second-order valence-corrected chi connectivity index (χ2v) is 9.41. The van der Waals surface area contributed by atoms with E-state index in [-0.39, 0.29) is 31.1 Å². The van der Waals surface area contributed by atoms with Gasteiger partial charge in [-0.25, -0.2) is 0 Å². The summed E-state index contributed by atoms with van der Waals surface area (Å²) in [6, 6.07) is 15.4. The summed E-state index contributed by atoms with van der Waals surface area (Å²) in [5.74, 6) is 2.50. The van der Waals surface area contributed by atoms with Crippen LogP contribution in [0.3, 0.4) is 0 Å². The molecule has 2 atom stereocenters. The summed E-state index contributed by atoms with van der Waals surface area (Å²) in [5, 5.41) is 3.19. The second-order valence-electron chi connectivity index (χ2n) is 9.41.